The highest BCUT2D eigenvalue weighted by molar-refractivity contribution is 7.11. The minimum absolute atomic E-state index is 0.209. The van der Waals surface area contributed by atoms with Gasteiger partial charge in [0.05, 0.1) is 12.7 Å². The summed E-state index contributed by atoms with van der Waals surface area (Å²) >= 11 is 1.56. The quantitative estimate of drug-likeness (QED) is 0.642. The van der Waals surface area contributed by atoms with Crippen molar-refractivity contribution in [1.82, 2.24) is 0 Å². The Kier molecular flexibility index (Phi) is 3.43. The van der Waals surface area contributed by atoms with Crippen LogP contribution >= 0.6 is 11.3 Å². The van der Waals surface area contributed by atoms with Gasteiger partial charge in [0.15, 0.2) is 11.5 Å². The van der Waals surface area contributed by atoms with Crippen molar-refractivity contribution in [3.05, 3.63) is 46.2 Å². The molecule has 0 aliphatic carbocycles. The highest BCUT2D eigenvalue weighted by atomic mass is 32.1. The first-order valence-electron chi connectivity index (χ1n) is 6.01. The van der Waals surface area contributed by atoms with E-state index in [1.165, 1.54) is 7.11 Å². The summed E-state index contributed by atoms with van der Waals surface area (Å²) in [6, 6.07) is 9.29. The number of ether oxygens (including phenoxy) is 3. The first-order valence-corrected chi connectivity index (χ1v) is 6.89. The van der Waals surface area contributed by atoms with Crippen molar-refractivity contribution in [1.29, 1.82) is 0 Å². The fraction of sp³-hybridized carbons (Fsp3) is 0.133. The van der Waals surface area contributed by atoms with Gasteiger partial charge in [0.25, 0.3) is 0 Å². The van der Waals surface area contributed by atoms with Crippen molar-refractivity contribution in [2.75, 3.05) is 13.9 Å². The lowest BCUT2D eigenvalue weighted by molar-refractivity contribution is -0.133. The minimum Gasteiger partial charge on any atom is -0.465 e. The van der Waals surface area contributed by atoms with Crippen LogP contribution in [-0.4, -0.2) is 19.9 Å². The van der Waals surface area contributed by atoms with E-state index in [2.05, 4.69) is 0 Å². The first kappa shape index (κ1) is 12.7. The molecule has 0 saturated heterocycles. The second-order valence-corrected chi connectivity index (χ2v) is 5.11. The second kappa shape index (κ2) is 5.38. The monoisotopic (exact) mass is 288 g/mol. The Morgan fingerprint density at radius 3 is 2.90 bits per heavy atom. The molecule has 3 rings (SSSR count). The number of thiophene rings is 1. The third kappa shape index (κ3) is 2.40. The van der Waals surface area contributed by atoms with E-state index in [1.54, 1.807) is 23.5 Å². The molecule has 1 aromatic heterocycles. The van der Waals surface area contributed by atoms with E-state index in [9.17, 15) is 4.79 Å². The molecule has 102 valence electrons. The molecule has 20 heavy (non-hydrogen) atoms. The summed E-state index contributed by atoms with van der Waals surface area (Å²) in [4.78, 5) is 13.0. The van der Waals surface area contributed by atoms with Gasteiger partial charge in [-0.15, -0.1) is 11.3 Å². The molecule has 1 aliphatic rings. The molecule has 0 amide bonds. The Morgan fingerprint density at radius 1 is 1.30 bits per heavy atom. The summed E-state index contributed by atoms with van der Waals surface area (Å²) in [6.45, 7) is 0.209. The standard InChI is InChI=1S/C15H12O4S/c1-17-15(16)12(8-11-3-2-6-20-11)10-4-5-13-14(7-10)19-9-18-13/h2-8H,9H2,1H3/b12-8+. The zero-order chi connectivity index (χ0) is 13.9. The van der Waals surface area contributed by atoms with Crippen LogP contribution in [0.4, 0.5) is 0 Å². The molecule has 0 spiro atoms. The minimum atomic E-state index is -0.378. The number of hydrogen-bond donors (Lipinski definition) is 0. The maximum absolute atomic E-state index is 12.0. The maximum atomic E-state index is 12.0. The van der Waals surface area contributed by atoms with Gasteiger partial charge in [-0.1, -0.05) is 12.1 Å². The summed E-state index contributed by atoms with van der Waals surface area (Å²) in [7, 11) is 1.37. The van der Waals surface area contributed by atoms with Gasteiger partial charge in [-0.25, -0.2) is 4.79 Å². The lowest BCUT2D eigenvalue weighted by atomic mass is 10.0. The van der Waals surface area contributed by atoms with Crippen molar-refractivity contribution in [2.24, 2.45) is 0 Å². The predicted octanol–water partition coefficient (Wildman–Crippen LogP) is 3.19. The molecule has 0 saturated carbocycles. The van der Waals surface area contributed by atoms with Gasteiger partial charge >= 0.3 is 5.97 Å². The number of fused-ring (bicyclic) bond motifs is 1. The molecular formula is C15H12O4S. The van der Waals surface area contributed by atoms with Gasteiger partial charge < -0.3 is 14.2 Å². The van der Waals surface area contributed by atoms with Crippen LogP contribution in [-0.2, 0) is 9.53 Å². The van der Waals surface area contributed by atoms with E-state index < -0.39 is 0 Å². The molecule has 1 aromatic carbocycles. The number of methoxy groups -OCH3 is 1. The van der Waals surface area contributed by atoms with Crippen molar-refractivity contribution in [2.45, 2.75) is 0 Å². The molecule has 2 heterocycles. The molecule has 0 bridgehead atoms. The highest BCUT2D eigenvalue weighted by Crippen LogP contribution is 2.35. The van der Waals surface area contributed by atoms with Gasteiger partial charge in [0.2, 0.25) is 6.79 Å². The number of esters is 1. The number of carbonyl (C=O) groups excluding carboxylic acids is 1. The van der Waals surface area contributed by atoms with E-state index in [0.717, 1.165) is 10.4 Å². The summed E-state index contributed by atoms with van der Waals surface area (Å²) in [5.74, 6) is 0.954. The number of benzene rings is 1. The van der Waals surface area contributed by atoms with Crippen LogP contribution in [0.1, 0.15) is 10.4 Å². The van der Waals surface area contributed by atoms with Crippen molar-refractivity contribution in [3.63, 3.8) is 0 Å². The molecule has 0 radical (unpaired) electrons. The van der Waals surface area contributed by atoms with E-state index in [4.69, 9.17) is 14.2 Å². The van der Waals surface area contributed by atoms with E-state index in [1.807, 2.05) is 29.7 Å². The smallest absolute Gasteiger partial charge is 0.338 e. The summed E-state index contributed by atoms with van der Waals surface area (Å²) in [6.07, 6.45) is 1.81. The molecular weight excluding hydrogens is 276 g/mol. The fourth-order valence-electron chi connectivity index (χ4n) is 1.95. The van der Waals surface area contributed by atoms with Crippen molar-refractivity contribution in [3.8, 4) is 11.5 Å². The van der Waals surface area contributed by atoms with Gasteiger partial charge in [0, 0.05) is 4.88 Å². The molecule has 0 unspecified atom stereocenters. The largest absolute Gasteiger partial charge is 0.465 e. The highest BCUT2D eigenvalue weighted by Gasteiger charge is 2.18. The molecule has 1 aliphatic heterocycles. The average molecular weight is 288 g/mol. The third-order valence-electron chi connectivity index (χ3n) is 2.92. The van der Waals surface area contributed by atoms with Crippen LogP contribution in [0.5, 0.6) is 11.5 Å². The molecule has 4 nitrogen and oxygen atoms in total. The average Bonchev–Trinajstić information content (AvgIpc) is 3.14. The van der Waals surface area contributed by atoms with Crippen LogP contribution in [0.15, 0.2) is 35.7 Å². The van der Waals surface area contributed by atoms with Crippen molar-refractivity contribution < 1.29 is 19.0 Å². The molecule has 0 N–H and O–H groups in total. The Bertz CT molecular complexity index is 659. The lowest BCUT2D eigenvalue weighted by Gasteiger charge is -2.06. The van der Waals surface area contributed by atoms with Gasteiger partial charge in [-0.2, -0.15) is 0 Å². The van der Waals surface area contributed by atoms with Gasteiger partial charge in [-0.05, 0) is 35.2 Å². The lowest BCUT2D eigenvalue weighted by Crippen LogP contribution is -2.03. The summed E-state index contributed by atoms with van der Waals surface area (Å²) in [5.41, 5.74) is 1.24. The van der Waals surface area contributed by atoms with Gasteiger partial charge in [0.1, 0.15) is 0 Å². The first-order chi connectivity index (χ1) is 9.78. The summed E-state index contributed by atoms with van der Waals surface area (Å²) < 4.78 is 15.5. The zero-order valence-corrected chi connectivity index (χ0v) is 11.6. The Labute approximate surface area is 120 Å². The van der Waals surface area contributed by atoms with Crippen LogP contribution in [0.3, 0.4) is 0 Å². The topological polar surface area (TPSA) is 44.8 Å². The fourth-order valence-corrected chi connectivity index (χ4v) is 2.61. The molecule has 0 atom stereocenters. The Balaban J connectivity index is 2.03. The summed E-state index contributed by atoms with van der Waals surface area (Å²) in [5, 5.41) is 1.96. The van der Waals surface area contributed by atoms with E-state index >= 15 is 0 Å². The maximum Gasteiger partial charge on any atom is 0.338 e. The van der Waals surface area contributed by atoms with Crippen molar-refractivity contribution >= 4 is 29.0 Å². The SMILES string of the molecule is COC(=O)/C(=C/c1cccs1)c1ccc2c(c1)OCO2. The number of hydrogen-bond acceptors (Lipinski definition) is 5. The number of rotatable bonds is 3. The van der Waals surface area contributed by atoms with Crippen LogP contribution in [0.2, 0.25) is 0 Å². The molecule has 0 fully saturated rings. The Morgan fingerprint density at radius 2 is 2.15 bits per heavy atom. The zero-order valence-electron chi connectivity index (χ0n) is 10.8. The molecule has 5 heteroatoms. The normalized spacial score (nSPS) is 13.3. The van der Waals surface area contributed by atoms with Crippen LogP contribution in [0.25, 0.3) is 11.6 Å². The third-order valence-corrected chi connectivity index (χ3v) is 3.74. The van der Waals surface area contributed by atoms with Crippen LogP contribution < -0.4 is 9.47 Å². The number of carbonyl (C=O) groups is 1. The van der Waals surface area contributed by atoms with E-state index in [-0.39, 0.29) is 12.8 Å². The second-order valence-electron chi connectivity index (χ2n) is 4.13. The van der Waals surface area contributed by atoms with E-state index in [0.29, 0.717) is 17.1 Å². The Hall–Kier alpha value is -2.27. The molecule has 2 aromatic rings. The predicted molar refractivity (Wildman–Crippen MR) is 76.8 cm³/mol. The van der Waals surface area contributed by atoms with Gasteiger partial charge in [-0.3, -0.25) is 0 Å². The van der Waals surface area contributed by atoms with Crippen LogP contribution in [0, 0.1) is 0 Å².